The van der Waals surface area contributed by atoms with Crippen LogP contribution in [0.5, 0.6) is 11.5 Å². The van der Waals surface area contributed by atoms with E-state index in [0.717, 1.165) is 15.6 Å². The third-order valence-corrected chi connectivity index (χ3v) is 4.38. The first-order valence-electron chi connectivity index (χ1n) is 8.04. The molecule has 5 nitrogen and oxygen atoms in total. The molecule has 1 fully saturated rings. The molecule has 1 saturated heterocycles. The van der Waals surface area contributed by atoms with Crippen molar-refractivity contribution in [1.29, 1.82) is 0 Å². The van der Waals surface area contributed by atoms with E-state index >= 15 is 0 Å². The van der Waals surface area contributed by atoms with E-state index in [1.807, 2.05) is 49.4 Å². The highest BCUT2D eigenvalue weighted by Crippen LogP contribution is 2.38. The van der Waals surface area contributed by atoms with E-state index in [-0.39, 0.29) is 5.91 Å². The van der Waals surface area contributed by atoms with Crippen LogP contribution in [-0.2, 0) is 11.4 Å². The minimum atomic E-state index is -0.256. The van der Waals surface area contributed by atoms with Crippen molar-refractivity contribution in [3.63, 3.8) is 0 Å². The molecule has 0 aliphatic carbocycles. The van der Waals surface area contributed by atoms with Gasteiger partial charge in [0.05, 0.1) is 11.1 Å². The number of carbonyl (C=O) groups is 1. The molecule has 0 spiro atoms. The van der Waals surface area contributed by atoms with Gasteiger partial charge in [-0.1, -0.05) is 30.3 Å². The lowest BCUT2D eigenvalue weighted by Gasteiger charge is -2.15. The zero-order valence-corrected chi connectivity index (χ0v) is 16.4. The van der Waals surface area contributed by atoms with Gasteiger partial charge in [-0.3, -0.25) is 10.1 Å². The molecule has 1 aliphatic rings. The van der Waals surface area contributed by atoms with Crippen LogP contribution in [0.15, 0.2) is 52.6 Å². The number of benzene rings is 2. The molecule has 2 aromatic rings. The Morgan fingerprint density at radius 1 is 1.15 bits per heavy atom. The molecule has 3 rings (SSSR count). The summed E-state index contributed by atoms with van der Waals surface area (Å²) in [7, 11) is 0. The zero-order chi connectivity index (χ0) is 18.5. The summed E-state index contributed by atoms with van der Waals surface area (Å²) in [6.45, 7) is 2.83. The van der Waals surface area contributed by atoms with Gasteiger partial charge in [0.2, 0.25) is 0 Å². The van der Waals surface area contributed by atoms with Gasteiger partial charge in [-0.05, 0) is 64.4 Å². The quantitative estimate of drug-likeness (QED) is 0.537. The van der Waals surface area contributed by atoms with Crippen molar-refractivity contribution < 1.29 is 14.3 Å². The van der Waals surface area contributed by atoms with Crippen molar-refractivity contribution in [1.82, 2.24) is 10.6 Å². The fourth-order valence-corrected chi connectivity index (χ4v) is 3.23. The first-order chi connectivity index (χ1) is 12.6. The highest BCUT2D eigenvalue weighted by Gasteiger charge is 2.20. The maximum absolute atomic E-state index is 11.8. The number of ether oxygens (including phenoxy) is 2. The van der Waals surface area contributed by atoms with Gasteiger partial charge in [0.15, 0.2) is 16.6 Å². The third kappa shape index (κ3) is 4.42. The van der Waals surface area contributed by atoms with Gasteiger partial charge < -0.3 is 14.8 Å². The number of amides is 1. The average molecular weight is 433 g/mol. The first-order valence-corrected chi connectivity index (χ1v) is 9.24. The van der Waals surface area contributed by atoms with Crippen molar-refractivity contribution in [3.05, 3.63) is 63.8 Å². The van der Waals surface area contributed by atoms with Gasteiger partial charge in [-0.15, -0.1) is 0 Å². The Bertz CT molecular complexity index is 869. The van der Waals surface area contributed by atoms with E-state index < -0.39 is 0 Å². The molecule has 134 valence electrons. The van der Waals surface area contributed by atoms with Crippen LogP contribution < -0.4 is 20.1 Å². The second kappa shape index (κ2) is 8.33. The molecular formula is C19H17BrN2O3S. The maximum atomic E-state index is 11.8. The summed E-state index contributed by atoms with van der Waals surface area (Å²) in [5.74, 6) is 0.969. The van der Waals surface area contributed by atoms with Crippen LogP contribution in [-0.4, -0.2) is 17.6 Å². The maximum Gasteiger partial charge on any atom is 0.273 e. The molecule has 1 heterocycles. The Labute approximate surface area is 165 Å². The summed E-state index contributed by atoms with van der Waals surface area (Å²) in [4.78, 5) is 11.8. The van der Waals surface area contributed by atoms with Gasteiger partial charge in [0.1, 0.15) is 12.3 Å². The Hall–Kier alpha value is -2.38. The lowest BCUT2D eigenvalue weighted by molar-refractivity contribution is -0.115. The van der Waals surface area contributed by atoms with E-state index in [1.165, 1.54) is 0 Å². The summed E-state index contributed by atoms with van der Waals surface area (Å²) in [5, 5.41) is 5.66. The highest BCUT2D eigenvalue weighted by molar-refractivity contribution is 9.10. The van der Waals surface area contributed by atoms with Crippen LogP contribution in [0.1, 0.15) is 18.1 Å². The second-order valence-electron chi connectivity index (χ2n) is 5.50. The lowest BCUT2D eigenvalue weighted by atomic mass is 10.1. The van der Waals surface area contributed by atoms with E-state index in [1.54, 1.807) is 6.08 Å². The molecule has 0 aromatic heterocycles. The van der Waals surface area contributed by atoms with Gasteiger partial charge in [-0.25, -0.2) is 0 Å². The minimum absolute atomic E-state index is 0.256. The summed E-state index contributed by atoms with van der Waals surface area (Å²) in [5.41, 5.74) is 2.24. The molecule has 2 N–H and O–H groups in total. The van der Waals surface area contributed by atoms with Crippen LogP contribution >= 0.6 is 28.1 Å². The molecule has 7 heteroatoms. The first kappa shape index (κ1) is 18.4. The summed E-state index contributed by atoms with van der Waals surface area (Å²) < 4.78 is 12.4. The molecule has 0 bridgehead atoms. The Morgan fingerprint density at radius 3 is 2.58 bits per heavy atom. The molecule has 0 saturated carbocycles. The summed E-state index contributed by atoms with van der Waals surface area (Å²) in [6.07, 6.45) is 1.71. The number of hydrogen-bond acceptors (Lipinski definition) is 4. The number of halogens is 1. The molecule has 0 unspecified atom stereocenters. The molecule has 1 amide bonds. The van der Waals surface area contributed by atoms with Crippen LogP contribution in [0.2, 0.25) is 0 Å². The molecule has 26 heavy (non-hydrogen) atoms. The van der Waals surface area contributed by atoms with Crippen LogP contribution in [0, 0.1) is 0 Å². The predicted molar refractivity (Wildman–Crippen MR) is 108 cm³/mol. The number of thiocarbonyl (C=S) groups is 1. The summed E-state index contributed by atoms with van der Waals surface area (Å²) in [6, 6.07) is 13.6. The Balaban J connectivity index is 1.87. The van der Waals surface area contributed by atoms with Crippen molar-refractivity contribution in [2.24, 2.45) is 0 Å². The van der Waals surface area contributed by atoms with E-state index in [0.29, 0.717) is 35.5 Å². The molecule has 1 aliphatic heterocycles. The highest BCUT2D eigenvalue weighted by atomic mass is 79.9. The monoisotopic (exact) mass is 432 g/mol. The molecular weight excluding hydrogens is 416 g/mol. The largest absolute Gasteiger partial charge is 0.490 e. The van der Waals surface area contributed by atoms with Crippen molar-refractivity contribution >= 4 is 45.2 Å². The number of carbonyl (C=O) groups excluding carboxylic acids is 1. The van der Waals surface area contributed by atoms with E-state index in [4.69, 9.17) is 21.7 Å². The van der Waals surface area contributed by atoms with Crippen LogP contribution in [0.4, 0.5) is 0 Å². The standard InChI is InChI=1S/C19H17BrN2O3S/c1-2-24-16-10-13(9-15-18(23)22-19(26)21-15)8-14(20)17(16)25-11-12-6-4-3-5-7-12/h3-10H,2,11H2,1H3,(H2,21,22,23,26)/b15-9-. The molecule has 0 radical (unpaired) electrons. The number of hydrogen-bond donors (Lipinski definition) is 2. The Morgan fingerprint density at radius 2 is 1.92 bits per heavy atom. The minimum Gasteiger partial charge on any atom is -0.490 e. The SMILES string of the molecule is CCOc1cc(/C=C2\NC(=S)NC2=O)cc(Br)c1OCc1ccccc1. The van der Waals surface area contributed by atoms with Crippen molar-refractivity contribution in [3.8, 4) is 11.5 Å². The predicted octanol–water partition coefficient (Wildman–Crippen LogP) is 3.77. The van der Waals surface area contributed by atoms with Crippen molar-refractivity contribution in [2.75, 3.05) is 6.61 Å². The van der Waals surface area contributed by atoms with Crippen LogP contribution in [0.25, 0.3) is 6.08 Å². The fourth-order valence-electron chi connectivity index (χ4n) is 2.45. The molecule has 2 aromatic carbocycles. The summed E-state index contributed by atoms with van der Waals surface area (Å²) >= 11 is 8.48. The number of nitrogens with one attached hydrogen (secondary N) is 2. The van der Waals surface area contributed by atoms with Gasteiger partial charge >= 0.3 is 0 Å². The zero-order valence-electron chi connectivity index (χ0n) is 14.0. The van der Waals surface area contributed by atoms with Gasteiger partial charge in [-0.2, -0.15) is 0 Å². The van der Waals surface area contributed by atoms with Crippen molar-refractivity contribution in [2.45, 2.75) is 13.5 Å². The molecule has 0 atom stereocenters. The lowest BCUT2D eigenvalue weighted by Crippen LogP contribution is -2.21. The normalized spacial score (nSPS) is 14.9. The van der Waals surface area contributed by atoms with Gasteiger partial charge in [0, 0.05) is 0 Å². The van der Waals surface area contributed by atoms with Gasteiger partial charge in [0.25, 0.3) is 5.91 Å². The second-order valence-corrected chi connectivity index (χ2v) is 6.77. The Kier molecular flexibility index (Phi) is 5.90. The van der Waals surface area contributed by atoms with E-state index in [9.17, 15) is 4.79 Å². The number of rotatable bonds is 6. The topological polar surface area (TPSA) is 59.6 Å². The average Bonchev–Trinajstić information content (AvgIpc) is 2.92. The smallest absolute Gasteiger partial charge is 0.273 e. The van der Waals surface area contributed by atoms with Crippen LogP contribution in [0.3, 0.4) is 0 Å². The third-order valence-electron chi connectivity index (χ3n) is 3.59. The fraction of sp³-hybridized carbons (Fsp3) is 0.158. The van der Waals surface area contributed by atoms with E-state index in [2.05, 4.69) is 26.6 Å².